The second-order valence-electron chi connectivity index (χ2n) is 3.77. The lowest BCUT2D eigenvalue weighted by atomic mass is 10.1. The molecule has 78 valence electrons. The van der Waals surface area contributed by atoms with Crippen LogP contribution in [0.1, 0.15) is 26.7 Å². The summed E-state index contributed by atoms with van der Waals surface area (Å²) in [4.78, 5) is 0. The van der Waals surface area contributed by atoms with E-state index >= 15 is 0 Å². The number of ether oxygens (including phenoxy) is 1. The predicted octanol–water partition coefficient (Wildman–Crippen LogP) is 3.08. The van der Waals surface area contributed by atoms with Crippen molar-refractivity contribution in [1.29, 1.82) is 0 Å². The highest BCUT2D eigenvalue weighted by atomic mass is 16.5. The normalized spacial score (nSPS) is 12.4. The Labute approximate surface area is 86.1 Å². The lowest BCUT2D eigenvalue weighted by Crippen LogP contribution is -2.08. The van der Waals surface area contributed by atoms with Crippen molar-refractivity contribution in [2.24, 2.45) is 5.92 Å². The van der Waals surface area contributed by atoms with Gasteiger partial charge in [-0.3, -0.25) is 0 Å². The van der Waals surface area contributed by atoms with E-state index in [-0.39, 0.29) is 0 Å². The van der Waals surface area contributed by atoms with Crippen LogP contribution in [0.2, 0.25) is 0 Å². The molecule has 0 spiro atoms. The lowest BCUT2D eigenvalue weighted by Gasteiger charge is -2.11. The molecule has 0 saturated heterocycles. The molecule has 1 atom stereocenters. The molecule has 0 amide bonds. The molecule has 14 heavy (non-hydrogen) atoms. The Hall–Kier alpha value is -1.18. The van der Waals surface area contributed by atoms with Gasteiger partial charge in [-0.25, -0.2) is 0 Å². The Morgan fingerprint density at radius 3 is 2.50 bits per heavy atom. The summed E-state index contributed by atoms with van der Waals surface area (Å²) in [6.45, 7) is 5.19. The molecule has 0 bridgehead atoms. The molecular formula is C12H19NO. The number of hydrogen-bond donors (Lipinski definition) is 1. The monoisotopic (exact) mass is 193 g/mol. The van der Waals surface area contributed by atoms with Gasteiger partial charge in [0.15, 0.2) is 0 Å². The first-order chi connectivity index (χ1) is 6.72. The van der Waals surface area contributed by atoms with E-state index in [0.717, 1.165) is 18.0 Å². The second-order valence-corrected chi connectivity index (χ2v) is 3.77. The topological polar surface area (TPSA) is 35.2 Å². The van der Waals surface area contributed by atoms with Gasteiger partial charge < -0.3 is 10.5 Å². The second kappa shape index (κ2) is 5.53. The number of hydrogen-bond acceptors (Lipinski definition) is 2. The quantitative estimate of drug-likeness (QED) is 0.729. The van der Waals surface area contributed by atoms with Crippen molar-refractivity contribution in [3.63, 3.8) is 0 Å². The number of benzene rings is 1. The highest BCUT2D eigenvalue weighted by Crippen LogP contribution is 2.15. The molecule has 0 heterocycles. The Bertz CT molecular complexity index is 256. The van der Waals surface area contributed by atoms with Crippen LogP contribution in [0.4, 0.5) is 5.69 Å². The van der Waals surface area contributed by atoms with E-state index in [1.165, 1.54) is 12.8 Å². The molecule has 0 fully saturated rings. The third-order valence-electron chi connectivity index (χ3n) is 2.20. The summed E-state index contributed by atoms with van der Waals surface area (Å²) in [7, 11) is 0. The Kier molecular flexibility index (Phi) is 4.30. The van der Waals surface area contributed by atoms with Gasteiger partial charge in [0, 0.05) is 5.69 Å². The number of nitrogen functional groups attached to an aromatic ring is 1. The molecule has 0 saturated carbocycles. The number of rotatable bonds is 5. The molecule has 0 aromatic heterocycles. The van der Waals surface area contributed by atoms with E-state index in [0.29, 0.717) is 5.92 Å². The molecule has 0 radical (unpaired) electrons. The summed E-state index contributed by atoms with van der Waals surface area (Å²) < 4.78 is 5.62. The van der Waals surface area contributed by atoms with Gasteiger partial charge in [0.05, 0.1) is 6.61 Å². The smallest absolute Gasteiger partial charge is 0.119 e. The van der Waals surface area contributed by atoms with Gasteiger partial charge in [-0.15, -0.1) is 0 Å². The summed E-state index contributed by atoms with van der Waals surface area (Å²) in [5, 5.41) is 0. The maximum atomic E-state index is 5.62. The molecule has 0 aliphatic heterocycles. The van der Waals surface area contributed by atoms with E-state index in [1.807, 2.05) is 24.3 Å². The molecule has 0 aliphatic carbocycles. The van der Waals surface area contributed by atoms with Crippen LogP contribution in [0.3, 0.4) is 0 Å². The summed E-state index contributed by atoms with van der Waals surface area (Å²) in [5.41, 5.74) is 6.35. The lowest BCUT2D eigenvalue weighted by molar-refractivity contribution is 0.251. The maximum absolute atomic E-state index is 5.62. The molecule has 1 aromatic rings. The van der Waals surface area contributed by atoms with E-state index in [1.54, 1.807) is 0 Å². The van der Waals surface area contributed by atoms with Crippen molar-refractivity contribution < 1.29 is 4.74 Å². The maximum Gasteiger partial charge on any atom is 0.119 e. The van der Waals surface area contributed by atoms with Gasteiger partial charge >= 0.3 is 0 Å². The molecule has 0 aliphatic rings. The van der Waals surface area contributed by atoms with Crippen molar-refractivity contribution in [2.75, 3.05) is 12.3 Å². The zero-order chi connectivity index (χ0) is 10.4. The van der Waals surface area contributed by atoms with Crippen LogP contribution in [-0.4, -0.2) is 6.61 Å². The third kappa shape index (κ3) is 3.69. The highest BCUT2D eigenvalue weighted by molar-refractivity contribution is 5.41. The highest BCUT2D eigenvalue weighted by Gasteiger charge is 2.01. The average molecular weight is 193 g/mol. The fraction of sp³-hybridized carbons (Fsp3) is 0.500. The molecular weight excluding hydrogens is 174 g/mol. The Morgan fingerprint density at radius 2 is 1.93 bits per heavy atom. The minimum Gasteiger partial charge on any atom is -0.493 e. The predicted molar refractivity (Wildman–Crippen MR) is 60.4 cm³/mol. The Morgan fingerprint density at radius 1 is 1.29 bits per heavy atom. The van der Waals surface area contributed by atoms with Crippen LogP contribution >= 0.6 is 0 Å². The van der Waals surface area contributed by atoms with Crippen LogP contribution in [-0.2, 0) is 0 Å². The molecule has 2 heteroatoms. The summed E-state index contributed by atoms with van der Waals surface area (Å²) in [6, 6.07) is 7.54. The van der Waals surface area contributed by atoms with Gasteiger partial charge in [-0.1, -0.05) is 20.3 Å². The van der Waals surface area contributed by atoms with Crippen molar-refractivity contribution in [1.82, 2.24) is 0 Å². The van der Waals surface area contributed by atoms with E-state index in [2.05, 4.69) is 13.8 Å². The van der Waals surface area contributed by atoms with Crippen molar-refractivity contribution in [2.45, 2.75) is 26.7 Å². The van der Waals surface area contributed by atoms with E-state index in [4.69, 9.17) is 10.5 Å². The van der Waals surface area contributed by atoms with Crippen molar-refractivity contribution in [3.05, 3.63) is 24.3 Å². The first-order valence-electron chi connectivity index (χ1n) is 5.20. The van der Waals surface area contributed by atoms with Gasteiger partial charge in [-0.2, -0.15) is 0 Å². The van der Waals surface area contributed by atoms with Gasteiger partial charge in [0.25, 0.3) is 0 Å². The van der Waals surface area contributed by atoms with Crippen molar-refractivity contribution in [3.8, 4) is 5.75 Å². The van der Waals surface area contributed by atoms with Crippen LogP contribution < -0.4 is 10.5 Å². The number of anilines is 1. The van der Waals surface area contributed by atoms with E-state index < -0.39 is 0 Å². The van der Waals surface area contributed by atoms with E-state index in [9.17, 15) is 0 Å². The summed E-state index contributed by atoms with van der Waals surface area (Å²) >= 11 is 0. The summed E-state index contributed by atoms with van der Waals surface area (Å²) in [5.74, 6) is 1.53. The van der Waals surface area contributed by atoms with Crippen LogP contribution in [0.5, 0.6) is 5.75 Å². The molecule has 1 unspecified atom stereocenters. The van der Waals surface area contributed by atoms with Gasteiger partial charge in [-0.05, 0) is 36.6 Å². The van der Waals surface area contributed by atoms with Gasteiger partial charge in [0.1, 0.15) is 5.75 Å². The minimum atomic E-state index is 0.623. The molecule has 2 nitrogen and oxygen atoms in total. The fourth-order valence-electron chi connectivity index (χ4n) is 1.38. The fourth-order valence-corrected chi connectivity index (χ4v) is 1.38. The first kappa shape index (κ1) is 10.9. The molecule has 1 aromatic carbocycles. The largest absolute Gasteiger partial charge is 0.493 e. The minimum absolute atomic E-state index is 0.623. The zero-order valence-electron chi connectivity index (χ0n) is 8.99. The standard InChI is InChI=1S/C12H19NO/c1-3-4-10(2)9-14-12-7-5-11(13)6-8-12/h5-8,10H,3-4,9,13H2,1-2H3. The first-order valence-corrected chi connectivity index (χ1v) is 5.20. The SMILES string of the molecule is CCCC(C)COc1ccc(N)cc1. The third-order valence-corrected chi connectivity index (χ3v) is 2.20. The summed E-state index contributed by atoms with van der Waals surface area (Å²) in [6.07, 6.45) is 2.43. The van der Waals surface area contributed by atoms with Crippen LogP contribution in [0.25, 0.3) is 0 Å². The Balaban J connectivity index is 2.34. The average Bonchev–Trinajstić information content (AvgIpc) is 2.17. The van der Waals surface area contributed by atoms with Crippen molar-refractivity contribution >= 4 is 5.69 Å². The zero-order valence-corrected chi connectivity index (χ0v) is 8.99. The van der Waals surface area contributed by atoms with Crippen LogP contribution in [0.15, 0.2) is 24.3 Å². The number of nitrogens with two attached hydrogens (primary N) is 1. The molecule has 2 N–H and O–H groups in total. The van der Waals surface area contributed by atoms with Crippen LogP contribution in [0, 0.1) is 5.92 Å². The van der Waals surface area contributed by atoms with Gasteiger partial charge in [0.2, 0.25) is 0 Å². The molecule has 1 rings (SSSR count).